The molecule has 0 unspecified atom stereocenters. The van der Waals surface area contributed by atoms with Crippen LogP contribution in [-0.4, -0.2) is 40.1 Å². The number of carbonyl (C=O) groups excluding carboxylic acids is 1. The van der Waals surface area contributed by atoms with Crippen LogP contribution in [0.1, 0.15) is 28.6 Å². The number of aromatic nitrogens is 2. The van der Waals surface area contributed by atoms with Crippen molar-refractivity contribution in [2.75, 3.05) is 18.5 Å². The van der Waals surface area contributed by atoms with Gasteiger partial charge in [0, 0.05) is 12.6 Å². The van der Waals surface area contributed by atoms with E-state index in [1.54, 1.807) is 6.92 Å². The van der Waals surface area contributed by atoms with Crippen LogP contribution in [0.25, 0.3) is 10.2 Å². The lowest BCUT2D eigenvalue weighted by molar-refractivity contribution is -0.121. The number of anilines is 2. The van der Waals surface area contributed by atoms with Gasteiger partial charge >= 0.3 is 5.97 Å². The van der Waals surface area contributed by atoms with E-state index in [1.807, 2.05) is 6.92 Å². The van der Waals surface area contributed by atoms with Gasteiger partial charge in [0.05, 0.1) is 24.1 Å². The molecule has 2 aromatic heterocycles. The topological polar surface area (TPSA) is 113 Å². The number of ether oxygens (including phenoxy) is 1. The molecule has 1 aromatic carbocycles. The van der Waals surface area contributed by atoms with E-state index in [4.69, 9.17) is 4.74 Å². The summed E-state index contributed by atoms with van der Waals surface area (Å²) in [7, 11) is 0. The second kappa shape index (κ2) is 8.82. The van der Waals surface area contributed by atoms with Crippen molar-refractivity contribution in [1.29, 1.82) is 0 Å². The molecule has 0 radical (unpaired) electrons. The highest BCUT2D eigenvalue weighted by Gasteiger charge is 2.19. The van der Waals surface area contributed by atoms with E-state index in [9.17, 15) is 19.1 Å². The van der Waals surface area contributed by atoms with Crippen LogP contribution in [0.15, 0.2) is 24.5 Å². The minimum atomic E-state index is -1.03. The van der Waals surface area contributed by atoms with Crippen molar-refractivity contribution >= 4 is 44.9 Å². The van der Waals surface area contributed by atoms with E-state index in [0.717, 1.165) is 11.3 Å². The number of carbonyl (C=O) groups is 2. The second-order valence-corrected chi connectivity index (χ2v) is 7.08. The van der Waals surface area contributed by atoms with Gasteiger partial charge in [-0.05, 0) is 31.5 Å². The Morgan fingerprint density at radius 2 is 2.10 bits per heavy atom. The van der Waals surface area contributed by atoms with E-state index < -0.39 is 11.8 Å². The smallest absolute Gasteiger partial charge is 0.346 e. The number of hydrogen-bond donors (Lipinski definition) is 3. The molecule has 0 atom stereocenters. The Kier molecular flexibility index (Phi) is 6.23. The summed E-state index contributed by atoms with van der Waals surface area (Å²) in [5.74, 6) is -1.08. The minimum Gasteiger partial charge on any atom is -0.491 e. The number of aryl methyl sites for hydroxylation is 1. The molecule has 0 fully saturated rings. The Hall–Kier alpha value is -3.27. The predicted octanol–water partition coefficient (Wildman–Crippen LogP) is 3.49. The predicted molar refractivity (Wildman–Crippen MR) is 108 cm³/mol. The molecule has 3 aromatic rings. The van der Waals surface area contributed by atoms with E-state index in [1.165, 1.54) is 24.5 Å². The molecule has 0 aliphatic heterocycles. The fourth-order valence-corrected chi connectivity index (χ4v) is 3.74. The molecule has 0 aliphatic rings. The Balaban J connectivity index is 1.89. The van der Waals surface area contributed by atoms with Gasteiger partial charge in [0.15, 0.2) is 0 Å². The van der Waals surface area contributed by atoms with Crippen molar-refractivity contribution < 1.29 is 23.8 Å². The Morgan fingerprint density at radius 3 is 2.83 bits per heavy atom. The third-order valence-electron chi connectivity index (χ3n) is 4.08. The number of fused-ring (bicyclic) bond motifs is 1. The van der Waals surface area contributed by atoms with Crippen molar-refractivity contribution in [1.82, 2.24) is 15.3 Å². The first-order valence-electron chi connectivity index (χ1n) is 8.84. The summed E-state index contributed by atoms with van der Waals surface area (Å²) >= 11 is 1.06. The van der Waals surface area contributed by atoms with Gasteiger partial charge in [-0.2, -0.15) is 0 Å². The van der Waals surface area contributed by atoms with E-state index in [0.29, 0.717) is 33.8 Å². The highest BCUT2D eigenvalue weighted by Crippen LogP contribution is 2.36. The lowest BCUT2D eigenvalue weighted by Gasteiger charge is -2.14. The number of benzene rings is 1. The molecule has 3 rings (SSSR count). The zero-order chi connectivity index (χ0) is 21.0. The normalized spacial score (nSPS) is 10.7. The van der Waals surface area contributed by atoms with Gasteiger partial charge < -0.3 is 20.5 Å². The first-order chi connectivity index (χ1) is 13.9. The molecule has 2 heterocycles. The number of rotatable bonds is 8. The molecule has 0 aliphatic carbocycles. The van der Waals surface area contributed by atoms with Crippen LogP contribution in [0.2, 0.25) is 0 Å². The summed E-state index contributed by atoms with van der Waals surface area (Å²) in [6.07, 6.45) is 1.46. The molecular weight excluding hydrogens is 399 g/mol. The lowest BCUT2D eigenvalue weighted by atomic mass is 10.2. The molecular formula is C19H19FN4O4S. The zero-order valence-electron chi connectivity index (χ0n) is 15.8. The number of carboxylic acids is 1. The van der Waals surface area contributed by atoms with E-state index >= 15 is 0 Å². The maximum absolute atomic E-state index is 13.7. The van der Waals surface area contributed by atoms with Crippen LogP contribution < -0.4 is 15.4 Å². The number of amides is 1. The molecule has 0 saturated carbocycles. The lowest BCUT2D eigenvalue weighted by Crippen LogP contribution is -2.24. The highest BCUT2D eigenvalue weighted by molar-refractivity contribution is 7.20. The zero-order valence-corrected chi connectivity index (χ0v) is 16.6. The molecule has 8 nitrogen and oxygen atoms in total. The summed E-state index contributed by atoms with van der Waals surface area (Å²) in [6, 6.07) is 3.96. The molecule has 10 heteroatoms. The van der Waals surface area contributed by atoms with E-state index in [2.05, 4.69) is 20.6 Å². The molecule has 1 amide bonds. The van der Waals surface area contributed by atoms with Gasteiger partial charge in [-0.15, -0.1) is 11.3 Å². The third kappa shape index (κ3) is 4.60. The molecule has 29 heavy (non-hydrogen) atoms. The van der Waals surface area contributed by atoms with Gasteiger partial charge in [0.25, 0.3) is 0 Å². The molecule has 152 valence electrons. The Bertz CT molecular complexity index is 1070. The molecule has 0 bridgehead atoms. The largest absolute Gasteiger partial charge is 0.491 e. The van der Waals surface area contributed by atoms with Crippen LogP contribution in [0.3, 0.4) is 0 Å². The van der Waals surface area contributed by atoms with Gasteiger partial charge in [-0.1, -0.05) is 0 Å². The first kappa shape index (κ1) is 20.5. The monoisotopic (exact) mass is 418 g/mol. The second-order valence-electron chi connectivity index (χ2n) is 6.08. The van der Waals surface area contributed by atoms with Crippen molar-refractivity contribution in [2.24, 2.45) is 0 Å². The summed E-state index contributed by atoms with van der Waals surface area (Å²) in [5, 5.41) is 15.7. The van der Waals surface area contributed by atoms with Crippen molar-refractivity contribution in [3.63, 3.8) is 0 Å². The maximum Gasteiger partial charge on any atom is 0.346 e. The van der Waals surface area contributed by atoms with Crippen molar-refractivity contribution in [3.8, 4) is 5.75 Å². The van der Waals surface area contributed by atoms with Gasteiger partial charge in [0.1, 0.15) is 33.4 Å². The third-order valence-corrected chi connectivity index (χ3v) is 5.27. The Labute approximate surface area is 169 Å². The molecule has 0 saturated heterocycles. The minimum absolute atomic E-state index is 0.0732. The van der Waals surface area contributed by atoms with Crippen molar-refractivity contribution in [3.05, 3.63) is 40.8 Å². The summed E-state index contributed by atoms with van der Waals surface area (Å²) in [5.41, 5.74) is 0.978. The number of hydrogen-bond acceptors (Lipinski definition) is 7. The fourth-order valence-electron chi connectivity index (χ4n) is 2.76. The van der Waals surface area contributed by atoms with Crippen LogP contribution in [0.5, 0.6) is 5.75 Å². The van der Waals surface area contributed by atoms with Gasteiger partial charge in [-0.3, -0.25) is 4.79 Å². The van der Waals surface area contributed by atoms with Crippen LogP contribution in [-0.2, 0) is 4.79 Å². The molecule has 3 N–H and O–H groups in total. The van der Waals surface area contributed by atoms with Crippen LogP contribution in [0, 0.1) is 12.7 Å². The quantitative estimate of drug-likeness (QED) is 0.513. The fraction of sp³-hybridized carbons (Fsp3) is 0.263. The van der Waals surface area contributed by atoms with Crippen LogP contribution >= 0.6 is 11.3 Å². The SMILES string of the molecule is CCNC(=O)CCOc1cc(F)ccc1Nc1ncnc2sc(C(=O)O)c(C)c12. The summed E-state index contributed by atoms with van der Waals surface area (Å²) in [4.78, 5) is 32.0. The number of halogens is 1. The number of thiophene rings is 1. The number of nitrogens with zero attached hydrogens (tertiary/aromatic N) is 2. The highest BCUT2D eigenvalue weighted by atomic mass is 32.1. The summed E-state index contributed by atoms with van der Waals surface area (Å²) < 4.78 is 19.3. The van der Waals surface area contributed by atoms with Crippen LogP contribution in [0.4, 0.5) is 15.9 Å². The Morgan fingerprint density at radius 1 is 1.31 bits per heavy atom. The molecule has 0 spiro atoms. The van der Waals surface area contributed by atoms with Gasteiger partial charge in [0.2, 0.25) is 5.91 Å². The number of carboxylic acid groups (broad SMARTS) is 1. The summed E-state index contributed by atoms with van der Waals surface area (Å²) in [6.45, 7) is 4.10. The standard InChI is InChI=1S/C19H19FN4O4S/c1-3-21-14(25)6-7-28-13-8-11(20)4-5-12(13)24-17-15-10(2)16(19(26)27)29-18(15)23-9-22-17/h4-5,8-9H,3,6-7H2,1-2H3,(H,21,25)(H,26,27)(H,22,23,24). The van der Waals surface area contributed by atoms with Gasteiger partial charge in [-0.25, -0.2) is 19.2 Å². The maximum atomic E-state index is 13.7. The average molecular weight is 418 g/mol. The first-order valence-corrected chi connectivity index (χ1v) is 9.65. The number of aromatic carboxylic acids is 1. The van der Waals surface area contributed by atoms with Crippen molar-refractivity contribution in [2.45, 2.75) is 20.3 Å². The average Bonchev–Trinajstić information content (AvgIpc) is 3.02. The number of nitrogens with one attached hydrogen (secondary N) is 2. The van der Waals surface area contributed by atoms with E-state index in [-0.39, 0.29) is 29.6 Å².